The zero-order chi connectivity index (χ0) is 17.5. The Hall–Kier alpha value is -1.66. The van der Waals surface area contributed by atoms with Crippen LogP contribution in [0.1, 0.15) is 66.4 Å². The molecule has 2 atom stereocenters. The lowest BCUT2D eigenvalue weighted by Gasteiger charge is -2.30. The highest BCUT2D eigenvalue weighted by Crippen LogP contribution is 2.33. The number of ketones is 1. The van der Waals surface area contributed by atoms with Gasteiger partial charge in [0.25, 0.3) is 11.5 Å². The fraction of sp³-hybridized carbons (Fsp3) is 0.611. The number of aromatic amines is 1. The van der Waals surface area contributed by atoms with Crippen LogP contribution in [-0.2, 0) is 6.42 Å². The van der Waals surface area contributed by atoms with Gasteiger partial charge < -0.3 is 15.6 Å². The van der Waals surface area contributed by atoms with Crippen molar-refractivity contribution in [3.8, 4) is 0 Å². The molecular weight excluding hydrogens is 342 g/mol. The summed E-state index contributed by atoms with van der Waals surface area (Å²) in [5.41, 5.74) is 0.583. The van der Waals surface area contributed by atoms with Crippen LogP contribution in [0.3, 0.4) is 0 Å². The van der Waals surface area contributed by atoms with Gasteiger partial charge in [-0.25, -0.2) is 0 Å². The molecule has 6 nitrogen and oxygen atoms in total. The number of aromatic nitrogens is 1. The molecule has 138 valence electrons. The van der Waals surface area contributed by atoms with Crippen molar-refractivity contribution in [1.29, 1.82) is 0 Å². The first-order valence-corrected chi connectivity index (χ1v) is 8.59. The largest absolute Gasteiger partial charge is 0.349 e. The van der Waals surface area contributed by atoms with Crippen molar-refractivity contribution >= 4 is 24.1 Å². The minimum Gasteiger partial charge on any atom is -0.349 e. The van der Waals surface area contributed by atoms with Gasteiger partial charge in [-0.05, 0) is 44.2 Å². The Kier molecular flexibility index (Phi) is 5.74. The van der Waals surface area contributed by atoms with E-state index in [-0.39, 0.29) is 35.2 Å². The van der Waals surface area contributed by atoms with Crippen LogP contribution in [0.25, 0.3) is 0 Å². The van der Waals surface area contributed by atoms with E-state index in [1.165, 1.54) is 6.07 Å². The molecule has 25 heavy (non-hydrogen) atoms. The monoisotopic (exact) mass is 367 g/mol. The molecule has 2 aliphatic rings. The van der Waals surface area contributed by atoms with E-state index in [4.69, 9.17) is 0 Å². The quantitative estimate of drug-likeness (QED) is 0.743. The number of rotatable bonds is 2. The first kappa shape index (κ1) is 19.7. The summed E-state index contributed by atoms with van der Waals surface area (Å²) in [6, 6.07) is 1.87. The Morgan fingerprint density at radius 2 is 2.00 bits per heavy atom. The smallest absolute Gasteiger partial charge is 0.261 e. The topological polar surface area (TPSA) is 91.1 Å². The lowest BCUT2D eigenvalue weighted by molar-refractivity contribution is 0.0910. The van der Waals surface area contributed by atoms with E-state index in [1.807, 2.05) is 13.8 Å². The van der Waals surface area contributed by atoms with Gasteiger partial charge in [0.15, 0.2) is 5.78 Å². The molecule has 0 bridgehead atoms. The van der Waals surface area contributed by atoms with Gasteiger partial charge in [0, 0.05) is 29.8 Å². The molecule has 1 fully saturated rings. The number of piperidine rings is 1. The Labute approximate surface area is 153 Å². The minimum absolute atomic E-state index is 0. The second kappa shape index (κ2) is 7.30. The zero-order valence-electron chi connectivity index (χ0n) is 14.9. The summed E-state index contributed by atoms with van der Waals surface area (Å²) >= 11 is 0. The maximum absolute atomic E-state index is 12.5. The average molecular weight is 368 g/mol. The summed E-state index contributed by atoms with van der Waals surface area (Å²) in [6.45, 7) is 6.93. The molecule has 3 rings (SSSR count). The van der Waals surface area contributed by atoms with Crippen LogP contribution in [0.4, 0.5) is 0 Å². The Morgan fingerprint density at radius 3 is 2.68 bits per heavy atom. The van der Waals surface area contributed by atoms with E-state index >= 15 is 0 Å². The van der Waals surface area contributed by atoms with Gasteiger partial charge in [0.05, 0.1) is 0 Å². The molecule has 0 radical (unpaired) electrons. The van der Waals surface area contributed by atoms with Crippen LogP contribution in [-0.4, -0.2) is 35.3 Å². The third-order valence-electron chi connectivity index (χ3n) is 4.92. The van der Waals surface area contributed by atoms with Gasteiger partial charge in [0.1, 0.15) is 5.56 Å². The van der Waals surface area contributed by atoms with Crippen molar-refractivity contribution in [1.82, 2.24) is 15.6 Å². The third kappa shape index (κ3) is 4.30. The molecule has 1 aromatic heterocycles. The number of carbonyl (C=O) groups excluding carboxylic acids is 2. The summed E-state index contributed by atoms with van der Waals surface area (Å²) < 4.78 is 0. The van der Waals surface area contributed by atoms with Crippen LogP contribution >= 0.6 is 12.4 Å². The molecule has 0 saturated carbocycles. The summed E-state index contributed by atoms with van der Waals surface area (Å²) in [5, 5.41) is 6.26. The standard InChI is InChI=1S/C18H25N3O3.ClH/c1-10-6-11(4-5-19-10)20-16(23)13-7-12-14(21-17(13)24)8-18(2,3)9-15(12)22;/h7,10-11,19H,4-6,8-9H2,1-3H3,(H,20,23)(H,21,24);1H. The average Bonchev–Trinajstić information content (AvgIpc) is 2.45. The number of hydrogen-bond donors (Lipinski definition) is 3. The van der Waals surface area contributed by atoms with Crippen molar-refractivity contribution in [3.63, 3.8) is 0 Å². The zero-order valence-corrected chi connectivity index (χ0v) is 15.7. The van der Waals surface area contributed by atoms with Crippen LogP contribution in [0.15, 0.2) is 10.9 Å². The number of amides is 1. The fourth-order valence-electron chi connectivity index (χ4n) is 3.72. The maximum Gasteiger partial charge on any atom is 0.261 e. The Morgan fingerprint density at radius 1 is 1.28 bits per heavy atom. The first-order valence-electron chi connectivity index (χ1n) is 8.59. The van der Waals surface area contributed by atoms with Crippen LogP contribution in [0.5, 0.6) is 0 Å². The number of H-pyrrole nitrogens is 1. The second-order valence-electron chi connectivity index (χ2n) is 7.90. The summed E-state index contributed by atoms with van der Waals surface area (Å²) in [7, 11) is 0. The number of hydrogen-bond acceptors (Lipinski definition) is 4. The highest BCUT2D eigenvalue weighted by Gasteiger charge is 2.33. The van der Waals surface area contributed by atoms with E-state index in [9.17, 15) is 14.4 Å². The number of pyridine rings is 1. The summed E-state index contributed by atoms with van der Waals surface area (Å²) in [5.74, 6) is -0.405. The van der Waals surface area contributed by atoms with Gasteiger partial charge in [0.2, 0.25) is 0 Å². The van der Waals surface area contributed by atoms with Gasteiger partial charge in [-0.1, -0.05) is 13.8 Å². The molecule has 1 aliphatic heterocycles. The molecule has 1 aliphatic carbocycles. The van der Waals surface area contributed by atoms with E-state index in [0.717, 1.165) is 19.4 Å². The lowest BCUT2D eigenvalue weighted by atomic mass is 9.75. The van der Waals surface area contributed by atoms with Crippen molar-refractivity contribution in [2.24, 2.45) is 5.41 Å². The number of carbonyl (C=O) groups is 2. The van der Waals surface area contributed by atoms with Crippen molar-refractivity contribution in [2.45, 2.75) is 58.5 Å². The number of nitrogens with one attached hydrogen (secondary N) is 3. The normalized spacial score (nSPS) is 24.8. The van der Waals surface area contributed by atoms with Gasteiger partial charge in [-0.3, -0.25) is 14.4 Å². The maximum atomic E-state index is 12.5. The summed E-state index contributed by atoms with van der Waals surface area (Å²) in [4.78, 5) is 39.9. The molecule has 0 aromatic carbocycles. The SMILES string of the molecule is CC1CC(NC(=O)c2cc3c([nH]c2=O)CC(C)(C)CC3=O)CCN1.Cl. The fourth-order valence-corrected chi connectivity index (χ4v) is 3.72. The summed E-state index contributed by atoms with van der Waals surface area (Å²) in [6.07, 6.45) is 2.74. The number of halogens is 1. The third-order valence-corrected chi connectivity index (χ3v) is 4.92. The van der Waals surface area contributed by atoms with Gasteiger partial charge in [-0.2, -0.15) is 0 Å². The van der Waals surface area contributed by atoms with E-state index in [2.05, 4.69) is 22.5 Å². The number of fused-ring (bicyclic) bond motifs is 1. The number of Topliss-reactive ketones (excluding diaryl/α,β-unsaturated/α-hetero) is 1. The molecule has 2 heterocycles. The van der Waals surface area contributed by atoms with Crippen molar-refractivity contribution in [3.05, 3.63) is 33.2 Å². The molecule has 1 saturated heterocycles. The molecule has 1 amide bonds. The van der Waals surface area contributed by atoms with E-state index in [1.54, 1.807) is 0 Å². The molecule has 7 heteroatoms. The van der Waals surface area contributed by atoms with Crippen LogP contribution in [0.2, 0.25) is 0 Å². The molecular formula is C18H26ClN3O3. The molecule has 3 N–H and O–H groups in total. The first-order chi connectivity index (χ1) is 11.2. The second-order valence-corrected chi connectivity index (χ2v) is 7.90. The highest BCUT2D eigenvalue weighted by molar-refractivity contribution is 6.02. The Balaban J connectivity index is 0.00000225. The lowest BCUT2D eigenvalue weighted by Crippen LogP contribution is -2.47. The minimum atomic E-state index is -0.418. The molecule has 1 aromatic rings. The molecule has 0 spiro atoms. The van der Waals surface area contributed by atoms with Gasteiger partial charge >= 0.3 is 0 Å². The van der Waals surface area contributed by atoms with Crippen LogP contribution in [0, 0.1) is 5.41 Å². The highest BCUT2D eigenvalue weighted by atomic mass is 35.5. The predicted molar refractivity (Wildman–Crippen MR) is 98.7 cm³/mol. The van der Waals surface area contributed by atoms with Crippen LogP contribution < -0.4 is 16.2 Å². The van der Waals surface area contributed by atoms with Crippen molar-refractivity contribution < 1.29 is 9.59 Å². The predicted octanol–water partition coefficient (Wildman–Crippen LogP) is 1.82. The van der Waals surface area contributed by atoms with Crippen molar-refractivity contribution in [2.75, 3.05) is 6.54 Å². The molecule has 2 unspecified atom stereocenters. The van der Waals surface area contributed by atoms with E-state index in [0.29, 0.717) is 30.1 Å². The van der Waals surface area contributed by atoms with Gasteiger partial charge in [-0.15, -0.1) is 12.4 Å². The van der Waals surface area contributed by atoms with E-state index < -0.39 is 11.5 Å². The Bertz CT molecular complexity index is 742.